The lowest BCUT2D eigenvalue weighted by Gasteiger charge is -2.09. The Morgan fingerprint density at radius 2 is 1.90 bits per heavy atom. The molecule has 0 aliphatic heterocycles. The molecule has 0 bridgehead atoms. The molecule has 110 valence electrons. The summed E-state index contributed by atoms with van der Waals surface area (Å²) >= 11 is 0. The third kappa shape index (κ3) is 3.18. The summed E-state index contributed by atoms with van der Waals surface area (Å²) in [7, 11) is 1.34. The number of rotatable bonds is 3. The number of carbonyl (C=O) groups excluding carboxylic acids is 1. The number of ketones is 1. The van der Waals surface area contributed by atoms with Crippen LogP contribution in [0.1, 0.15) is 21.5 Å². The zero-order chi connectivity index (χ0) is 15.6. The van der Waals surface area contributed by atoms with Gasteiger partial charge in [0.15, 0.2) is 5.78 Å². The van der Waals surface area contributed by atoms with Crippen molar-refractivity contribution >= 4 is 5.78 Å². The summed E-state index contributed by atoms with van der Waals surface area (Å²) in [5.74, 6) is -1.69. The van der Waals surface area contributed by atoms with Gasteiger partial charge in [-0.15, -0.1) is 0 Å². The Balaban J connectivity index is 2.47. The van der Waals surface area contributed by atoms with Gasteiger partial charge < -0.3 is 4.74 Å². The minimum atomic E-state index is -4.66. The second-order valence-electron chi connectivity index (χ2n) is 4.13. The quantitative estimate of drug-likeness (QED) is 0.643. The fraction of sp³-hybridized carbons (Fsp3) is 0.143. The summed E-state index contributed by atoms with van der Waals surface area (Å²) < 4.78 is 56.4. The first-order valence-corrected chi connectivity index (χ1v) is 5.73. The van der Waals surface area contributed by atoms with Crippen LogP contribution < -0.4 is 4.74 Å². The van der Waals surface area contributed by atoms with E-state index in [2.05, 4.69) is 4.98 Å². The maximum absolute atomic E-state index is 13.6. The molecule has 0 atom stereocenters. The molecule has 0 amide bonds. The van der Waals surface area contributed by atoms with Gasteiger partial charge in [0.2, 0.25) is 0 Å². The summed E-state index contributed by atoms with van der Waals surface area (Å²) in [5.41, 5.74) is -1.82. The molecule has 0 aliphatic carbocycles. The smallest absolute Gasteiger partial charge is 0.416 e. The van der Waals surface area contributed by atoms with Crippen LogP contribution in [0.2, 0.25) is 0 Å². The maximum atomic E-state index is 13.6. The maximum Gasteiger partial charge on any atom is 0.416 e. The number of hydrogen-bond donors (Lipinski definition) is 0. The van der Waals surface area contributed by atoms with E-state index in [0.29, 0.717) is 18.2 Å². The minimum Gasteiger partial charge on any atom is -0.495 e. The fourth-order valence-electron chi connectivity index (χ4n) is 1.69. The number of pyridine rings is 1. The van der Waals surface area contributed by atoms with Crippen LogP contribution in [0.25, 0.3) is 0 Å². The largest absolute Gasteiger partial charge is 0.495 e. The number of nitrogens with zero attached hydrogens (tertiary/aromatic N) is 1. The first-order chi connectivity index (χ1) is 9.82. The molecule has 2 aromatic rings. The summed E-state index contributed by atoms with van der Waals surface area (Å²) in [5, 5.41) is 0. The number of halogens is 4. The van der Waals surface area contributed by atoms with Crippen LogP contribution in [-0.2, 0) is 6.18 Å². The van der Waals surface area contributed by atoms with E-state index in [-0.39, 0.29) is 11.3 Å². The van der Waals surface area contributed by atoms with Crippen LogP contribution in [0.5, 0.6) is 5.75 Å². The average Bonchev–Trinajstić information content (AvgIpc) is 2.46. The molecule has 21 heavy (non-hydrogen) atoms. The molecular weight excluding hydrogens is 290 g/mol. The molecule has 0 saturated heterocycles. The van der Waals surface area contributed by atoms with Gasteiger partial charge in [-0.2, -0.15) is 13.2 Å². The van der Waals surface area contributed by atoms with Gasteiger partial charge in [0.1, 0.15) is 11.6 Å². The monoisotopic (exact) mass is 299 g/mol. The lowest BCUT2D eigenvalue weighted by Crippen LogP contribution is -2.10. The van der Waals surface area contributed by atoms with Gasteiger partial charge in [-0.1, -0.05) is 0 Å². The van der Waals surface area contributed by atoms with E-state index in [4.69, 9.17) is 4.74 Å². The lowest BCUT2D eigenvalue weighted by atomic mass is 10.0. The topological polar surface area (TPSA) is 39.2 Å². The van der Waals surface area contributed by atoms with Crippen molar-refractivity contribution < 1.29 is 27.1 Å². The van der Waals surface area contributed by atoms with Gasteiger partial charge in [-0.3, -0.25) is 9.78 Å². The second kappa shape index (κ2) is 5.51. The molecule has 0 spiro atoms. The molecule has 0 radical (unpaired) electrons. The van der Waals surface area contributed by atoms with Gasteiger partial charge in [0, 0.05) is 11.8 Å². The van der Waals surface area contributed by atoms with E-state index in [0.717, 1.165) is 6.20 Å². The van der Waals surface area contributed by atoms with Gasteiger partial charge >= 0.3 is 6.18 Å². The average molecular weight is 299 g/mol. The molecule has 0 saturated carbocycles. The Labute approximate surface area is 117 Å². The van der Waals surface area contributed by atoms with E-state index < -0.39 is 28.9 Å². The van der Waals surface area contributed by atoms with Crippen molar-refractivity contribution in [3.63, 3.8) is 0 Å². The van der Waals surface area contributed by atoms with Crippen molar-refractivity contribution in [2.75, 3.05) is 7.11 Å². The van der Waals surface area contributed by atoms with Crippen LogP contribution in [-0.4, -0.2) is 17.9 Å². The minimum absolute atomic E-state index is 0.0624. The lowest BCUT2D eigenvalue weighted by molar-refractivity contribution is -0.137. The molecule has 0 N–H and O–H groups in total. The van der Waals surface area contributed by atoms with E-state index in [1.165, 1.54) is 19.4 Å². The van der Waals surface area contributed by atoms with Gasteiger partial charge in [-0.25, -0.2) is 4.39 Å². The fourth-order valence-corrected chi connectivity index (χ4v) is 1.69. The van der Waals surface area contributed by atoms with Crippen molar-refractivity contribution in [1.82, 2.24) is 4.98 Å². The van der Waals surface area contributed by atoms with E-state index in [9.17, 15) is 22.4 Å². The van der Waals surface area contributed by atoms with Crippen LogP contribution in [0.3, 0.4) is 0 Å². The van der Waals surface area contributed by atoms with Crippen LogP contribution in [0.15, 0.2) is 36.7 Å². The normalized spacial score (nSPS) is 11.3. The summed E-state index contributed by atoms with van der Waals surface area (Å²) in [6.45, 7) is 0. The third-order valence-electron chi connectivity index (χ3n) is 2.75. The summed E-state index contributed by atoms with van der Waals surface area (Å²) in [6, 6.07) is 2.95. The van der Waals surface area contributed by atoms with Crippen molar-refractivity contribution in [1.29, 1.82) is 0 Å². The number of methoxy groups -OCH3 is 1. The third-order valence-corrected chi connectivity index (χ3v) is 2.75. The predicted octanol–water partition coefficient (Wildman–Crippen LogP) is 3.48. The number of ether oxygens (including phenoxy) is 1. The zero-order valence-corrected chi connectivity index (χ0v) is 10.7. The van der Waals surface area contributed by atoms with Crippen molar-refractivity contribution in [2.24, 2.45) is 0 Å². The number of alkyl halides is 3. The SMILES string of the molecule is COc1cncc(C(=O)c2cc(C(F)(F)F)ccc2F)c1. The van der Waals surface area contributed by atoms with Crippen molar-refractivity contribution in [3.8, 4) is 5.75 Å². The van der Waals surface area contributed by atoms with Crippen LogP contribution in [0.4, 0.5) is 17.6 Å². The highest BCUT2D eigenvalue weighted by Crippen LogP contribution is 2.31. The molecule has 0 fully saturated rings. The summed E-state index contributed by atoms with van der Waals surface area (Å²) in [4.78, 5) is 15.8. The van der Waals surface area contributed by atoms with E-state index in [1.807, 2.05) is 0 Å². The van der Waals surface area contributed by atoms with Crippen molar-refractivity contribution in [3.05, 3.63) is 59.2 Å². The highest BCUT2D eigenvalue weighted by molar-refractivity contribution is 6.09. The second-order valence-corrected chi connectivity index (χ2v) is 4.13. The molecule has 3 nitrogen and oxygen atoms in total. The first-order valence-electron chi connectivity index (χ1n) is 5.73. The Morgan fingerprint density at radius 1 is 1.19 bits per heavy atom. The van der Waals surface area contributed by atoms with Gasteiger partial charge in [0.05, 0.1) is 24.4 Å². The predicted molar refractivity (Wildman–Crippen MR) is 65.6 cm³/mol. The highest BCUT2D eigenvalue weighted by Gasteiger charge is 2.32. The molecule has 0 aliphatic rings. The summed E-state index contributed by atoms with van der Waals surface area (Å²) in [6.07, 6.45) is -2.21. The van der Waals surface area contributed by atoms with Gasteiger partial charge in [0.25, 0.3) is 0 Å². The Bertz CT molecular complexity index is 683. The number of benzene rings is 1. The Kier molecular flexibility index (Phi) is 3.93. The molecule has 1 heterocycles. The molecular formula is C14H9F4NO2. The molecule has 2 rings (SSSR count). The zero-order valence-electron chi connectivity index (χ0n) is 10.7. The number of aromatic nitrogens is 1. The van der Waals surface area contributed by atoms with E-state index in [1.54, 1.807) is 0 Å². The highest BCUT2D eigenvalue weighted by atomic mass is 19.4. The Hall–Kier alpha value is -2.44. The standard InChI is InChI=1S/C14H9F4NO2/c1-21-10-4-8(6-19-7-10)13(20)11-5-9(14(16,17)18)2-3-12(11)15/h2-7H,1H3. The molecule has 7 heteroatoms. The van der Waals surface area contributed by atoms with Gasteiger partial charge in [-0.05, 0) is 24.3 Å². The molecule has 0 unspecified atom stereocenters. The first kappa shape index (κ1) is 15.0. The van der Waals surface area contributed by atoms with Crippen LogP contribution in [0, 0.1) is 5.82 Å². The van der Waals surface area contributed by atoms with Crippen molar-refractivity contribution in [2.45, 2.75) is 6.18 Å². The Morgan fingerprint density at radius 3 is 2.52 bits per heavy atom. The molecule has 1 aromatic heterocycles. The molecule has 1 aromatic carbocycles. The van der Waals surface area contributed by atoms with Crippen LogP contribution >= 0.6 is 0 Å². The van der Waals surface area contributed by atoms with E-state index >= 15 is 0 Å². The number of carbonyl (C=O) groups is 1. The number of hydrogen-bond acceptors (Lipinski definition) is 3.